The average molecular weight is 227 g/mol. The molecular formula is C9H9NS3. The van der Waals surface area contributed by atoms with Crippen molar-refractivity contribution in [3.05, 3.63) is 18.2 Å². The van der Waals surface area contributed by atoms with E-state index in [1.165, 1.54) is 8.91 Å². The van der Waals surface area contributed by atoms with Crippen molar-refractivity contribution in [1.82, 2.24) is 0 Å². The van der Waals surface area contributed by atoms with E-state index >= 15 is 0 Å². The molecule has 2 aromatic rings. The standard InChI is InChI=1S/C9H9NS3/c1-12-9-8(10)6-3-2-5(11)4-7(6)13-9/h2-4,11H,10H2,1H3. The summed E-state index contributed by atoms with van der Waals surface area (Å²) in [4.78, 5) is 0.987. The molecule has 0 bridgehead atoms. The molecular weight excluding hydrogens is 218 g/mol. The van der Waals surface area contributed by atoms with E-state index in [2.05, 4.69) is 18.7 Å². The summed E-state index contributed by atoms with van der Waals surface area (Å²) in [7, 11) is 0. The quantitative estimate of drug-likeness (QED) is 0.576. The second-order valence-electron chi connectivity index (χ2n) is 2.69. The van der Waals surface area contributed by atoms with Gasteiger partial charge in [0.15, 0.2) is 0 Å². The van der Waals surface area contributed by atoms with E-state index in [0.717, 1.165) is 16.0 Å². The Morgan fingerprint density at radius 1 is 1.46 bits per heavy atom. The first-order chi connectivity index (χ1) is 6.22. The van der Waals surface area contributed by atoms with Crippen LogP contribution in [0.15, 0.2) is 27.3 Å². The molecule has 0 unspecified atom stereocenters. The predicted octanol–water partition coefficient (Wildman–Crippen LogP) is 3.49. The van der Waals surface area contributed by atoms with Gasteiger partial charge in [-0.1, -0.05) is 6.07 Å². The van der Waals surface area contributed by atoms with Crippen LogP contribution in [0, 0.1) is 0 Å². The van der Waals surface area contributed by atoms with Gasteiger partial charge in [0, 0.05) is 15.0 Å². The highest BCUT2D eigenvalue weighted by atomic mass is 32.2. The van der Waals surface area contributed by atoms with Gasteiger partial charge in [0.2, 0.25) is 0 Å². The fraction of sp³-hybridized carbons (Fsp3) is 0.111. The van der Waals surface area contributed by atoms with Gasteiger partial charge in [0.05, 0.1) is 9.90 Å². The van der Waals surface area contributed by atoms with E-state index in [-0.39, 0.29) is 0 Å². The summed E-state index contributed by atoms with van der Waals surface area (Å²) in [6, 6.07) is 6.06. The lowest BCUT2D eigenvalue weighted by molar-refractivity contribution is 1.54. The average Bonchev–Trinajstić information content (AvgIpc) is 2.42. The topological polar surface area (TPSA) is 26.0 Å². The number of rotatable bonds is 1. The minimum Gasteiger partial charge on any atom is -0.397 e. The van der Waals surface area contributed by atoms with Gasteiger partial charge in [-0.2, -0.15) is 0 Å². The molecule has 0 aliphatic carbocycles. The first-order valence-corrected chi connectivity index (χ1v) is 6.26. The number of thiophene rings is 1. The smallest absolute Gasteiger partial charge is 0.0838 e. The highest BCUT2D eigenvalue weighted by molar-refractivity contribution is 8.00. The Balaban J connectivity index is 2.76. The molecule has 0 aliphatic rings. The van der Waals surface area contributed by atoms with Crippen molar-refractivity contribution < 1.29 is 0 Å². The summed E-state index contributed by atoms with van der Waals surface area (Å²) in [5.74, 6) is 0. The molecule has 1 aromatic carbocycles. The van der Waals surface area contributed by atoms with Crippen molar-refractivity contribution in [2.75, 3.05) is 12.0 Å². The fourth-order valence-electron chi connectivity index (χ4n) is 1.23. The van der Waals surface area contributed by atoms with Crippen molar-refractivity contribution in [2.45, 2.75) is 9.10 Å². The lowest BCUT2D eigenvalue weighted by atomic mass is 10.2. The van der Waals surface area contributed by atoms with Crippen LogP contribution < -0.4 is 5.73 Å². The molecule has 1 nitrogen and oxygen atoms in total. The third kappa shape index (κ3) is 1.54. The lowest BCUT2D eigenvalue weighted by Gasteiger charge is -1.93. The van der Waals surface area contributed by atoms with E-state index in [1.807, 2.05) is 18.4 Å². The molecule has 13 heavy (non-hydrogen) atoms. The number of benzene rings is 1. The van der Waals surface area contributed by atoms with Crippen LogP contribution in [0.25, 0.3) is 10.1 Å². The Bertz CT molecular complexity index is 447. The molecule has 0 aliphatic heterocycles. The molecule has 0 saturated carbocycles. The maximum absolute atomic E-state index is 5.96. The molecule has 0 amide bonds. The number of nitrogens with two attached hydrogens (primary N) is 1. The first kappa shape index (κ1) is 9.24. The van der Waals surface area contributed by atoms with Crippen LogP contribution in [0.3, 0.4) is 0 Å². The van der Waals surface area contributed by atoms with Gasteiger partial charge in [0.25, 0.3) is 0 Å². The van der Waals surface area contributed by atoms with Crippen LogP contribution in [0.1, 0.15) is 0 Å². The SMILES string of the molecule is CSc1sc2cc(S)ccc2c1N. The van der Waals surface area contributed by atoms with Crippen LogP contribution in [0.4, 0.5) is 5.69 Å². The summed E-state index contributed by atoms with van der Waals surface area (Å²) in [6.45, 7) is 0. The summed E-state index contributed by atoms with van der Waals surface area (Å²) < 4.78 is 2.41. The zero-order valence-corrected chi connectivity index (χ0v) is 9.60. The number of thioether (sulfide) groups is 1. The number of fused-ring (bicyclic) bond motifs is 1. The highest BCUT2D eigenvalue weighted by Crippen LogP contribution is 2.39. The first-order valence-electron chi connectivity index (χ1n) is 3.77. The molecule has 1 heterocycles. The van der Waals surface area contributed by atoms with Crippen LogP contribution >= 0.6 is 35.7 Å². The monoisotopic (exact) mass is 227 g/mol. The third-order valence-electron chi connectivity index (χ3n) is 1.86. The van der Waals surface area contributed by atoms with Crippen molar-refractivity contribution >= 4 is 51.5 Å². The van der Waals surface area contributed by atoms with Gasteiger partial charge in [-0.3, -0.25) is 0 Å². The van der Waals surface area contributed by atoms with Crippen LogP contribution in [-0.2, 0) is 0 Å². The molecule has 0 atom stereocenters. The van der Waals surface area contributed by atoms with Crippen molar-refractivity contribution in [1.29, 1.82) is 0 Å². The van der Waals surface area contributed by atoms with E-state index in [4.69, 9.17) is 5.73 Å². The summed E-state index contributed by atoms with van der Waals surface area (Å²) in [5.41, 5.74) is 6.87. The third-order valence-corrected chi connectivity index (χ3v) is 4.45. The normalized spacial score (nSPS) is 10.9. The zero-order valence-electron chi connectivity index (χ0n) is 7.07. The zero-order chi connectivity index (χ0) is 9.42. The predicted molar refractivity (Wildman–Crippen MR) is 65.3 cm³/mol. The Hall–Kier alpha value is -0.320. The van der Waals surface area contributed by atoms with Gasteiger partial charge < -0.3 is 5.73 Å². The number of anilines is 1. The van der Waals surface area contributed by atoms with E-state index < -0.39 is 0 Å². The number of hydrogen-bond acceptors (Lipinski definition) is 4. The van der Waals surface area contributed by atoms with Crippen molar-refractivity contribution in [3.8, 4) is 0 Å². The Morgan fingerprint density at radius 3 is 2.92 bits per heavy atom. The van der Waals surface area contributed by atoms with Crippen LogP contribution in [0.5, 0.6) is 0 Å². The highest BCUT2D eigenvalue weighted by Gasteiger charge is 2.07. The number of hydrogen-bond donors (Lipinski definition) is 2. The molecule has 1 aromatic heterocycles. The molecule has 2 rings (SSSR count). The summed E-state index contributed by atoms with van der Waals surface area (Å²) >= 11 is 7.71. The molecule has 2 N–H and O–H groups in total. The second-order valence-corrected chi connectivity index (χ2v) is 5.33. The van der Waals surface area contributed by atoms with Crippen LogP contribution in [-0.4, -0.2) is 6.26 Å². The van der Waals surface area contributed by atoms with E-state index in [0.29, 0.717) is 0 Å². The second kappa shape index (κ2) is 3.44. The number of thiol groups is 1. The Morgan fingerprint density at radius 2 is 2.23 bits per heavy atom. The van der Waals surface area contributed by atoms with E-state index in [1.54, 1.807) is 23.1 Å². The summed E-state index contributed by atoms with van der Waals surface area (Å²) in [5, 5.41) is 1.15. The fourth-order valence-corrected chi connectivity index (χ4v) is 3.35. The van der Waals surface area contributed by atoms with Gasteiger partial charge in [-0.25, -0.2) is 0 Å². The lowest BCUT2D eigenvalue weighted by Crippen LogP contribution is -1.82. The van der Waals surface area contributed by atoms with Gasteiger partial charge in [0.1, 0.15) is 0 Å². The number of nitrogen functional groups attached to an aromatic ring is 1. The maximum Gasteiger partial charge on any atom is 0.0838 e. The van der Waals surface area contributed by atoms with Crippen molar-refractivity contribution in [3.63, 3.8) is 0 Å². The Kier molecular flexibility index (Phi) is 2.45. The van der Waals surface area contributed by atoms with Crippen molar-refractivity contribution in [2.24, 2.45) is 0 Å². The van der Waals surface area contributed by atoms with Gasteiger partial charge in [-0.15, -0.1) is 35.7 Å². The molecule has 68 valence electrons. The largest absolute Gasteiger partial charge is 0.397 e. The molecule has 0 fully saturated rings. The van der Waals surface area contributed by atoms with E-state index in [9.17, 15) is 0 Å². The van der Waals surface area contributed by atoms with Gasteiger partial charge >= 0.3 is 0 Å². The maximum atomic E-state index is 5.96. The molecule has 0 saturated heterocycles. The Labute approximate surface area is 90.7 Å². The molecule has 4 heteroatoms. The minimum absolute atomic E-state index is 0.904. The van der Waals surface area contributed by atoms with Gasteiger partial charge in [-0.05, 0) is 18.4 Å². The van der Waals surface area contributed by atoms with Crippen LogP contribution in [0.2, 0.25) is 0 Å². The molecule has 0 spiro atoms. The summed E-state index contributed by atoms with van der Waals surface area (Å²) in [6.07, 6.45) is 2.04. The minimum atomic E-state index is 0.904. The molecule has 0 radical (unpaired) electrons.